The molecule has 6 nitrogen and oxygen atoms in total. The van der Waals surface area contributed by atoms with Gasteiger partial charge in [-0.25, -0.2) is 0 Å². The van der Waals surface area contributed by atoms with Crippen LogP contribution in [0.4, 0.5) is 11.4 Å². The van der Waals surface area contributed by atoms with Crippen molar-refractivity contribution in [1.82, 2.24) is 4.98 Å². The topological polar surface area (TPSA) is 71.5 Å². The first kappa shape index (κ1) is 18.7. The molecule has 1 aliphatic heterocycles. The highest BCUT2D eigenvalue weighted by Crippen LogP contribution is 2.36. The Balaban J connectivity index is 1.54. The zero-order valence-corrected chi connectivity index (χ0v) is 16.0. The van der Waals surface area contributed by atoms with Crippen LogP contribution in [-0.2, 0) is 11.2 Å². The van der Waals surface area contributed by atoms with Crippen molar-refractivity contribution in [2.75, 3.05) is 16.8 Å². The standard InChI is InChI=1S/C23H21N3O3/c1-16-23(28)26(14-11-17-5-3-2-4-6-17)20-8-7-19(15-21(20)29-16)25-22(27)18-9-12-24-13-10-18/h2-10,12-13,15-16H,11,14H2,1H3,(H,25,27). The van der Waals surface area contributed by atoms with Crippen LogP contribution in [0, 0.1) is 0 Å². The molecule has 146 valence electrons. The van der Waals surface area contributed by atoms with Crippen molar-refractivity contribution in [3.05, 3.63) is 84.2 Å². The largest absolute Gasteiger partial charge is 0.479 e. The second-order valence-electron chi connectivity index (χ2n) is 6.86. The molecule has 0 aliphatic carbocycles. The third-order valence-corrected chi connectivity index (χ3v) is 4.84. The van der Waals surface area contributed by atoms with Crippen LogP contribution in [0.3, 0.4) is 0 Å². The monoisotopic (exact) mass is 387 g/mol. The minimum atomic E-state index is -0.579. The van der Waals surface area contributed by atoms with Gasteiger partial charge in [0.1, 0.15) is 5.75 Å². The lowest BCUT2D eigenvalue weighted by atomic mass is 10.1. The van der Waals surface area contributed by atoms with Crippen molar-refractivity contribution in [3.63, 3.8) is 0 Å². The fourth-order valence-corrected chi connectivity index (χ4v) is 3.31. The second-order valence-corrected chi connectivity index (χ2v) is 6.86. The molecule has 1 aliphatic rings. The lowest BCUT2D eigenvalue weighted by molar-refractivity contribution is -0.125. The van der Waals surface area contributed by atoms with E-state index in [-0.39, 0.29) is 11.8 Å². The van der Waals surface area contributed by atoms with Crippen molar-refractivity contribution < 1.29 is 14.3 Å². The molecule has 0 saturated heterocycles. The summed E-state index contributed by atoms with van der Waals surface area (Å²) in [6, 6.07) is 18.7. The summed E-state index contributed by atoms with van der Waals surface area (Å²) in [6.07, 6.45) is 3.31. The van der Waals surface area contributed by atoms with Crippen LogP contribution >= 0.6 is 0 Å². The van der Waals surface area contributed by atoms with Gasteiger partial charge in [-0.05, 0) is 43.2 Å². The quantitative estimate of drug-likeness (QED) is 0.725. The molecule has 1 unspecified atom stereocenters. The maximum atomic E-state index is 12.7. The number of nitrogens with zero attached hydrogens (tertiary/aromatic N) is 2. The number of pyridine rings is 1. The maximum absolute atomic E-state index is 12.7. The Bertz CT molecular complexity index is 1020. The molecule has 6 heteroatoms. The average molecular weight is 387 g/mol. The van der Waals surface area contributed by atoms with Crippen LogP contribution < -0.4 is 15.0 Å². The van der Waals surface area contributed by atoms with Crippen LogP contribution in [0.2, 0.25) is 0 Å². The lowest BCUT2D eigenvalue weighted by Crippen LogP contribution is -2.45. The summed E-state index contributed by atoms with van der Waals surface area (Å²) in [5.74, 6) is 0.285. The minimum Gasteiger partial charge on any atom is -0.479 e. The van der Waals surface area contributed by atoms with Gasteiger partial charge in [0.2, 0.25) is 0 Å². The van der Waals surface area contributed by atoms with E-state index >= 15 is 0 Å². The van der Waals surface area contributed by atoms with Crippen molar-refractivity contribution in [1.29, 1.82) is 0 Å². The molecule has 0 spiro atoms. The molecule has 2 aromatic carbocycles. The number of fused-ring (bicyclic) bond motifs is 1. The molecule has 0 saturated carbocycles. The Kier molecular flexibility index (Phi) is 5.24. The summed E-state index contributed by atoms with van der Waals surface area (Å²) in [6.45, 7) is 2.30. The highest BCUT2D eigenvalue weighted by Gasteiger charge is 2.31. The van der Waals surface area contributed by atoms with Crippen LogP contribution in [0.15, 0.2) is 73.1 Å². The van der Waals surface area contributed by atoms with E-state index in [1.54, 1.807) is 48.5 Å². The highest BCUT2D eigenvalue weighted by molar-refractivity contribution is 6.05. The highest BCUT2D eigenvalue weighted by atomic mass is 16.5. The van der Waals surface area contributed by atoms with Crippen molar-refractivity contribution >= 4 is 23.2 Å². The summed E-state index contributed by atoms with van der Waals surface area (Å²) >= 11 is 0. The van der Waals surface area contributed by atoms with E-state index in [0.29, 0.717) is 29.2 Å². The molecular weight excluding hydrogens is 366 g/mol. The molecule has 1 aromatic heterocycles. The molecule has 0 fully saturated rings. The van der Waals surface area contributed by atoms with Crippen LogP contribution in [-0.4, -0.2) is 29.4 Å². The predicted molar refractivity (Wildman–Crippen MR) is 111 cm³/mol. The summed E-state index contributed by atoms with van der Waals surface area (Å²) in [5.41, 5.74) is 3.01. The van der Waals surface area contributed by atoms with E-state index in [1.165, 1.54) is 5.56 Å². The van der Waals surface area contributed by atoms with Gasteiger partial charge in [-0.1, -0.05) is 30.3 Å². The number of carbonyl (C=O) groups is 2. The van der Waals surface area contributed by atoms with Gasteiger partial charge in [0.15, 0.2) is 6.10 Å². The number of rotatable bonds is 5. The zero-order chi connectivity index (χ0) is 20.2. The maximum Gasteiger partial charge on any atom is 0.267 e. The van der Waals surface area contributed by atoms with Gasteiger partial charge in [0, 0.05) is 36.3 Å². The van der Waals surface area contributed by atoms with E-state index in [9.17, 15) is 9.59 Å². The molecule has 2 amide bonds. The first-order chi connectivity index (χ1) is 14.1. The van der Waals surface area contributed by atoms with Gasteiger partial charge in [-0.15, -0.1) is 0 Å². The van der Waals surface area contributed by atoms with E-state index in [1.807, 2.05) is 36.4 Å². The summed E-state index contributed by atoms with van der Waals surface area (Å²) < 4.78 is 5.80. The number of benzene rings is 2. The Labute approximate surface area is 169 Å². The van der Waals surface area contributed by atoms with Crippen LogP contribution in [0.25, 0.3) is 0 Å². The smallest absolute Gasteiger partial charge is 0.267 e. The normalized spacial score (nSPS) is 15.4. The lowest BCUT2D eigenvalue weighted by Gasteiger charge is -2.33. The summed E-state index contributed by atoms with van der Waals surface area (Å²) in [5, 5.41) is 2.86. The van der Waals surface area contributed by atoms with Crippen molar-refractivity contribution in [2.45, 2.75) is 19.4 Å². The molecular formula is C23H21N3O3. The Morgan fingerprint density at radius 2 is 1.86 bits per heavy atom. The summed E-state index contributed by atoms with van der Waals surface area (Å²) in [7, 11) is 0. The molecule has 1 atom stereocenters. The van der Waals surface area contributed by atoms with Crippen molar-refractivity contribution in [3.8, 4) is 5.75 Å². The molecule has 1 N–H and O–H groups in total. The fraction of sp³-hybridized carbons (Fsp3) is 0.174. The first-order valence-corrected chi connectivity index (χ1v) is 9.49. The summed E-state index contributed by atoms with van der Waals surface area (Å²) in [4.78, 5) is 30.7. The SMILES string of the molecule is CC1Oc2cc(NC(=O)c3ccncc3)ccc2N(CCc2ccccc2)C1=O. The molecule has 0 bridgehead atoms. The molecule has 29 heavy (non-hydrogen) atoms. The third kappa shape index (κ3) is 4.11. The van der Waals surface area contributed by atoms with Gasteiger partial charge < -0.3 is 15.0 Å². The first-order valence-electron chi connectivity index (χ1n) is 9.49. The Hall–Kier alpha value is -3.67. The number of hydrogen-bond donors (Lipinski definition) is 1. The van der Waals surface area contributed by atoms with Crippen LogP contribution in [0.5, 0.6) is 5.75 Å². The molecule has 2 heterocycles. The number of anilines is 2. The number of hydrogen-bond acceptors (Lipinski definition) is 4. The molecule has 0 radical (unpaired) electrons. The fourth-order valence-electron chi connectivity index (χ4n) is 3.31. The molecule has 4 rings (SSSR count). The van der Waals surface area contributed by atoms with Gasteiger partial charge in [0.25, 0.3) is 11.8 Å². The second kappa shape index (κ2) is 8.14. The van der Waals surface area contributed by atoms with Gasteiger partial charge in [-0.2, -0.15) is 0 Å². The number of carbonyl (C=O) groups excluding carboxylic acids is 2. The number of aromatic nitrogens is 1. The van der Waals surface area contributed by atoms with Gasteiger partial charge in [0.05, 0.1) is 5.69 Å². The number of ether oxygens (including phenoxy) is 1. The van der Waals surface area contributed by atoms with E-state index in [2.05, 4.69) is 10.3 Å². The predicted octanol–water partition coefficient (Wildman–Crippen LogP) is 3.69. The number of amides is 2. The van der Waals surface area contributed by atoms with E-state index < -0.39 is 6.10 Å². The third-order valence-electron chi connectivity index (χ3n) is 4.84. The average Bonchev–Trinajstić information content (AvgIpc) is 2.75. The van der Waals surface area contributed by atoms with E-state index in [0.717, 1.165) is 6.42 Å². The van der Waals surface area contributed by atoms with E-state index in [4.69, 9.17) is 4.74 Å². The Morgan fingerprint density at radius 3 is 2.62 bits per heavy atom. The minimum absolute atomic E-state index is 0.0676. The van der Waals surface area contributed by atoms with Crippen LogP contribution in [0.1, 0.15) is 22.8 Å². The molecule has 3 aromatic rings. The van der Waals surface area contributed by atoms with Gasteiger partial charge >= 0.3 is 0 Å². The van der Waals surface area contributed by atoms with Gasteiger partial charge in [-0.3, -0.25) is 14.6 Å². The Morgan fingerprint density at radius 1 is 1.10 bits per heavy atom. The van der Waals surface area contributed by atoms with Crippen molar-refractivity contribution in [2.24, 2.45) is 0 Å². The number of nitrogens with one attached hydrogen (secondary N) is 1. The zero-order valence-electron chi connectivity index (χ0n) is 16.0.